The molecule has 25 heavy (non-hydrogen) atoms. The molecule has 1 aromatic carbocycles. The minimum Gasteiger partial charge on any atom is -0.276 e. The molecule has 0 saturated carbocycles. The highest BCUT2D eigenvalue weighted by Crippen LogP contribution is 2.25. The van der Waals surface area contributed by atoms with Gasteiger partial charge in [-0.1, -0.05) is 11.6 Å². The molecular formula is C15H9ClFN5O2S. The van der Waals surface area contributed by atoms with Crippen molar-refractivity contribution in [3.8, 4) is 11.9 Å². The zero-order valence-corrected chi connectivity index (χ0v) is 14.0. The van der Waals surface area contributed by atoms with Gasteiger partial charge in [-0.15, -0.1) is 0 Å². The molecule has 0 aliphatic heterocycles. The van der Waals surface area contributed by atoms with Crippen LogP contribution in [0.1, 0.15) is 5.56 Å². The van der Waals surface area contributed by atoms with E-state index in [2.05, 4.69) is 14.8 Å². The SMILES string of the molecule is N#Cc1ccc(Cl)c(S(=O)(=O)Nc2cnn(-c3ncccc3F)c2)c1. The maximum absolute atomic E-state index is 13.7. The van der Waals surface area contributed by atoms with E-state index in [4.69, 9.17) is 16.9 Å². The van der Waals surface area contributed by atoms with Gasteiger partial charge in [0.05, 0.1) is 34.7 Å². The Kier molecular flexibility index (Phi) is 4.39. The van der Waals surface area contributed by atoms with Crippen molar-refractivity contribution >= 4 is 27.3 Å². The fourth-order valence-electron chi connectivity index (χ4n) is 2.03. The number of aromatic nitrogens is 3. The molecule has 3 rings (SSSR count). The standard InChI is InChI=1S/C15H9ClFN5O2S/c16-12-4-3-10(7-18)6-14(12)25(23,24)21-11-8-20-22(9-11)15-13(17)2-1-5-19-15/h1-6,8-9,21H. The Balaban J connectivity index is 1.93. The van der Waals surface area contributed by atoms with Crippen molar-refractivity contribution in [1.82, 2.24) is 14.8 Å². The lowest BCUT2D eigenvalue weighted by Gasteiger charge is -2.08. The van der Waals surface area contributed by atoms with E-state index in [0.717, 1.165) is 10.7 Å². The smallest absolute Gasteiger partial charge is 0.263 e. The van der Waals surface area contributed by atoms with Crippen LogP contribution in [-0.4, -0.2) is 23.2 Å². The average molecular weight is 378 g/mol. The molecule has 0 atom stereocenters. The van der Waals surface area contributed by atoms with E-state index in [9.17, 15) is 12.8 Å². The Morgan fingerprint density at radius 3 is 2.84 bits per heavy atom. The van der Waals surface area contributed by atoms with Crippen LogP contribution in [0.5, 0.6) is 0 Å². The van der Waals surface area contributed by atoms with Gasteiger partial charge >= 0.3 is 0 Å². The van der Waals surface area contributed by atoms with E-state index in [-0.39, 0.29) is 27.0 Å². The first-order valence-electron chi connectivity index (χ1n) is 6.79. The van der Waals surface area contributed by atoms with Gasteiger partial charge in [-0.2, -0.15) is 10.4 Å². The van der Waals surface area contributed by atoms with Crippen LogP contribution >= 0.6 is 11.6 Å². The summed E-state index contributed by atoms with van der Waals surface area (Å²) in [6.07, 6.45) is 3.86. The summed E-state index contributed by atoms with van der Waals surface area (Å²) in [5.74, 6) is -0.678. The molecule has 0 amide bonds. The predicted molar refractivity (Wildman–Crippen MR) is 88.3 cm³/mol. The van der Waals surface area contributed by atoms with Crippen molar-refractivity contribution in [2.45, 2.75) is 4.90 Å². The fraction of sp³-hybridized carbons (Fsp3) is 0. The third kappa shape index (κ3) is 3.45. The van der Waals surface area contributed by atoms with Crippen LogP contribution in [0.4, 0.5) is 10.1 Å². The zero-order chi connectivity index (χ0) is 18.0. The van der Waals surface area contributed by atoms with Gasteiger partial charge in [0.2, 0.25) is 0 Å². The van der Waals surface area contributed by atoms with Crippen molar-refractivity contribution in [3.05, 3.63) is 65.3 Å². The van der Waals surface area contributed by atoms with Crippen LogP contribution in [-0.2, 0) is 10.0 Å². The lowest BCUT2D eigenvalue weighted by molar-refractivity contribution is 0.600. The highest BCUT2D eigenvalue weighted by atomic mass is 35.5. The van der Waals surface area contributed by atoms with Gasteiger partial charge in [-0.05, 0) is 30.3 Å². The van der Waals surface area contributed by atoms with Gasteiger partial charge in [0, 0.05) is 6.20 Å². The second kappa shape index (κ2) is 6.51. The van der Waals surface area contributed by atoms with Gasteiger partial charge < -0.3 is 0 Å². The van der Waals surface area contributed by atoms with E-state index < -0.39 is 15.8 Å². The molecule has 126 valence electrons. The molecule has 3 aromatic rings. The summed E-state index contributed by atoms with van der Waals surface area (Å²) in [7, 11) is -4.06. The molecule has 0 unspecified atom stereocenters. The molecule has 1 N–H and O–H groups in total. The third-order valence-corrected chi connectivity index (χ3v) is 5.00. The summed E-state index contributed by atoms with van der Waals surface area (Å²) >= 11 is 5.92. The van der Waals surface area contributed by atoms with E-state index >= 15 is 0 Å². The molecule has 7 nitrogen and oxygen atoms in total. The van der Waals surface area contributed by atoms with Crippen molar-refractivity contribution in [3.63, 3.8) is 0 Å². The third-order valence-electron chi connectivity index (χ3n) is 3.14. The lowest BCUT2D eigenvalue weighted by Crippen LogP contribution is -2.13. The van der Waals surface area contributed by atoms with Crippen molar-refractivity contribution < 1.29 is 12.8 Å². The monoisotopic (exact) mass is 377 g/mol. The van der Waals surface area contributed by atoms with E-state index in [1.54, 1.807) is 0 Å². The molecule has 0 aliphatic carbocycles. The minimum absolute atomic E-state index is 0.0327. The molecule has 0 aliphatic rings. The molecule has 0 saturated heterocycles. The van der Waals surface area contributed by atoms with Crippen LogP contribution in [0.15, 0.2) is 53.8 Å². The number of nitriles is 1. The van der Waals surface area contributed by atoms with Gasteiger partial charge in [0.25, 0.3) is 10.0 Å². The Hall–Kier alpha value is -2.96. The first kappa shape index (κ1) is 16.9. The summed E-state index contributed by atoms with van der Waals surface area (Å²) in [6.45, 7) is 0. The number of anilines is 1. The van der Waals surface area contributed by atoms with E-state index in [1.807, 2.05) is 6.07 Å². The van der Waals surface area contributed by atoms with Crippen molar-refractivity contribution in [1.29, 1.82) is 5.26 Å². The Labute approximate surface area is 147 Å². The molecule has 2 aromatic heterocycles. The molecule has 0 radical (unpaired) electrons. The summed E-state index contributed by atoms with van der Waals surface area (Å²) in [4.78, 5) is 3.60. The van der Waals surface area contributed by atoms with Gasteiger partial charge in [0.1, 0.15) is 4.90 Å². The lowest BCUT2D eigenvalue weighted by atomic mass is 10.2. The normalized spacial score (nSPS) is 11.1. The second-order valence-corrected chi connectivity index (χ2v) is 6.90. The molecule has 10 heteroatoms. The summed E-state index contributed by atoms with van der Waals surface area (Å²) in [5, 5.41) is 12.8. The number of benzene rings is 1. The van der Waals surface area contributed by atoms with Crippen LogP contribution in [0.25, 0.3) is 5.82 Å². The second-order valence-electron chi connectivity index (χ2n) is 4.84. The van der Waals surface area contributed by atoms with E-state index in [1.165, 1.54) is 42.9 Å². The summed E-state index contributed by atoms with van der Waals surface area (Å²) < 4.78 is 42.0. The van der Waals surface area contributed by atoms with Crippen molar-refractivity contribution in [2.24, 2.45) is 0 Å². The van der Waals surface area contributed by atoms with Crippen LogP contribution in [0.3, 0.4) is 0 Å². The van der Waals surface area contributed by atoms with Crippen LogP contribution in [0, 0.1) is 17.1 Å². The molecule has 0 spiro atoms. The number of nitrogens with one attached hydrogen (secondary N) is 1. The van der Waals surface area contributed by atoms with Crippen molar-refractivity contribution in [2.75, 3.05) is 4.72 Å². The molecule has 2 heterocycles. The summed E-state index contributed by atoms with van der Waals surface area (Å²) in [6, 6.07) is 8.37. The van der Waals surface area contributed by atoms with Crippen LogP contribution < -0.4 is 4.72 Å². The van der Waals surface area contributed by atoms with Gasteiger partial charge in [-0.3, -0.25) is 4.72 Å². The average Bonchev–Trinajstić information content (AvgIpc) is 3.03. The first-order chi connectivity index (χ1) is 11.9. The first-order valence-corrected chi connectivity index (χ1v) is 8.65. The highest BCUT2D eigenvalue weighted by molar-refractivity contribution is 7.92. The fourth-order valence-corrected chi connectivity index (χ4v) is 3.58. The van der Waals surface area contributed by atoms with Crippen LogP contribution in [0.2, 0.25) is 5.02 Å². The number of rotatable bonds is 4. The molecule has 0 fully saturated rings. The number of hydrogen-bond acceptors (Lipinski definition) is 5. The minimum atomic E-state index is -4.06. The van der Waals surface area contributed by atoms with Gasteiger partial charge in [0.15, 0.2) is 11.6 Å². The Morgan fingerprint density at radius 1 is 1.32 bits per heavy atom. The van der Waals surface area contributed by atoms with E-state index in [0.29, 0.717) is 0 Å². The number of halogens is 2. The molecular weight excluding hydrogens is 369 g/mol. The Bertz CT molecular complexity index is 1090. The Morgan fingerprint density at radius 2 is 2.12 bits per heavy atom. The van der Waals surface area contributed by atoms with Gasteiger partial charge in [-0.25, -0.2) is 22.5 Å². The largest absolute Gasteiger partial charge is 0.276 e. The number of sulfonamides is 1. The predicted octanol–water partition coefficient (Wildman–Crippen LogP) is 2.73. The highest BCUT2D eigenvalue weighted by Gasteiger charge is 2.20. The zero-order valence-electron chi connectivity index (χ0n) is 12.4. The number of hydrogen-bond donors (Lipinski definition) is 1. The summed E-state index contributed by atoms with van der Waals surface area (Å²) in [5.41, 5.74) is 0.236. The molecule has 0 bridgehead atoms. The maximum Gasteiger partial charge on any atom is 0.263 e. The topological polar surface area (TPSA) is 101 Å². The number of nitrogens with zero attached hydrogens (tertiary/aromatic N) is 4. The number of pyridine rings is 1. The maximum atomic E-state index is 13.7. The quantitative estimate of drug-likeness (QED) is 0.753.